The molecule has 0 amide bonds. The Bertz CT molecular complexity index is 640. The highest BCUT2D eigenvalue weighted by molar-refractivity contribution is 7.71. The van der Waals surface area contributed by atoms with Crippen molar-refractivity contribution in [2.24, 2.45) is 7.05 Å². The van der Waals surface area contributed by atoms with Gasteiger partial charge in [0.2, 0.25) is 5.95 Å². The van der Waals surface area contributed by atoms with Gasteiger partial charge in [0, 0.05) is 38.9 Å². The van der Waals surface area contributed by atoms with Gasteiger partial charge in [-0.2, -0.15) is 0 Å². The Morgan fingerprint density at radius 3 is 2.25 bits per heavy atom. The van der Waals surface area contributed by atoms with Gasteiger partial charge >= 0.3 is 0 Å². The highest BCUT2D eigenvalue weighted by Gasteiger charge is 2.20. The maximum Gasteiger partial charge on any atom is 0.225 e. The van der Waals surface area contributed by atoms with Crippen LogP contribution in [0.1, 0.15) is 0 Å². The molecular formula is C13H16FN5S. The minimum absolute atomic E-state index is 0.200. The average molecular weight is 293 g/mol. The number of benzene rings is 1. The SMILES string of the molecule is Cn1c(N2CCN(c3ccc(F)cc3)CC2)n[nH]c1=S. The van der Waals surface area contributed by atoms with Crippen LogP contribution in [0.5, 0.6) is 0 Å². The molecule has 20 heavy (non-hydrogen) atoms. The molecule has 1 N–H and O–H groups in total. The summed E-state index contributed by atoms with van der Waals surface area (Å²) in [6.45, 7) is 3.49. The molecule has 1 aromatic heterocycles. The van der Waals surface area contributed by atoms with Crippen LogP contribution in [-0.2, 0) is 7.05 Å². The van der Waals surface area contributed by atoms with Crippen molar-refractivity contribution in [1.82, 2.24) is 14.8 Å². The first-order valence-corrected chi connectivity index (χ1v) is 6.93. The van der Waals surface area contributed by atoms with E-state index in [1.807, 2.05) is 23.7 Å². The van der Waals surface area contributed by atoms with E-state index in [9.17, 15) is 4.39 Å². The maximum absolute atomic E-state index is 12.9. The first-order chi connectivity index (χ1) is 9.65. The molecule has 1 fully saturated rings. The lowest BCUT2D eigenvalue weighted by Gasteiger charge is -2.36. The van der Waals surface area contributed by atoms with Gasteiger partial charge in [-0.05, 0) is 36.5 Å². The molecule has 0 radical (unpaired) electrons. The lowest BCUT2D eigenvalue weighted by molar-refractivity contribution is 0.619. The van der Waals surface area contributed by atoms with Crippen molar-refractivity contribution in [3.8, 4) is 0 Å². The summed E-state index contributed by atoms with van der Waals surface area (Å²) in [5, 5.41) is 7.05. The molecule has 106 valence electrons. The third-order valence-corrected chi connectivity index (χ3v) is 3.98. The summed E-state index contributed by atoms with van der Waals surface area (Å²) in [5.41, 5.74) is 1.06. The normalized spacial score (nSPS) is 15.7. The van der Waals surface area contributed by atoms with Gasteiger partial charge < -0.3 is 9.80 Å². The van der Waals surface area contributed by atoms with E-state index < -0.39 is 0 Å². The number of piperazine rings is 1. The first kappa shape index (κ1) is 13.1. The van der Waals surface area contributed by atoms with Crippen LogP contribution in [0.3, 0.4) is 0 Å². The number of rotatable bonds is 2. The molecule has 2 aromatic rings. The Balaban J connectivity index is 1.69. The Hall–Kier alpha value is -1.89. The number of aromatic amines is 1. The molecule has 1 aliphatic heterocycles. The second kappa shape index (κ2) is 5.24. The second-order valence-corrected chi connectivity index (χ2v) is 5.22. The smallest absolute Gasteiger partial charge is 0.225 e. The fourth-order valence-corrected chi connectivity index (χ4v) is 2.57. The monoisotopic (exact) mass is 293 g/mol. The average Bonchev–Trinajstić information content (AvgIpc) is 2.80. The molecule has 3 rings (SSSR count). The summed E-state index contributed by atoms with van der Waals surface area (Å²) in [7, 11) is 1.91. The molecule has 5 nitrogen and oxygen atoms in total. The van der Waals surface area contributed by atoms with E-state index in [2.05, 4.69) is 20.0 Å². The van der Waals surface area contributed by atoms with Gasteiger partial charge in [-0.1, -0.05) is 0 Å². The van der Waals surface area contributed by atoms with Crippen LogP contribution in [0.4, 0.5) is 16.0 Å². The lowest BCUT2D eigenvalue weighted by Crippen LogP contribution is -2.47. The number of halogens is 1. The number of nitrogens with zero attached hydrogens (tertiary/aromatic N) is 4. The van der Waals surface area contributed by atoms with E-state index in [0.717, 1.165) is 37.8 Å². The van der Waals surface area contributed by atoms with Crippen molar-refractivity contribution in [3.05, 3.63) is 34.9 Å². The van der Waals surface area contributed by atoms with Crippen molar-refractivity contribution in [3.63, 3.8) is 0 Å². The molecule has 0 unspecified atom stereocenters. The fourth-order valence-electron chi connectivity index (χ4n) is 2.44. The molecule has 1 aromatic carbocycles. The molecular weight excluding hydrogens is 277 g/mol. The zero-order chi connectivity index (χ0) is 14.1. The number of H-pyrrole nitrogens is 1. The summed E-state index contributed by atoms with van der Waals surface area (Å²) in [6.07, 6.45) is 0. The summed E-state index contributed by atoms with van der Waals surface area (Å²) < 4.78 is 15.4. The van der Waals surface area contributed by atoms with E-state index in [-0.39, 0.29) is 5.82 Å². The predicted molar refractivity (Wildman–Crippen MR) is 79.2 cm³/mol. The molecule has 0 saturated carbocycles. The van der Waals surface area contributed by atoms with Crippen molar-refractivity contribution in [2.45, 2.75) is 0 Å². The largest absolute Gasteiger partial charge is 0.368 e. The van der Waals surface area contributed by atoms with E-state index in [4.69, 9.17) is 12.2 Å². The van der Waals surface area contributed by atoms with Crippen LogP contribution >= 0.6 is 12.2 Å². The van der Waals surface area contributed by atoms with Gasteiger partial charge in [0.25, 0.3) is 0 Å². The van der Waals surface area contributed by atoms with Gasteiger partial charge in [0.1, 0.15) is 5.82 Å². The standard InChI is InChI=1S/C13H16FN5S/c1-17-12(15-16-13(17)20)19-8-6-18(7-9-19)11-4-2-10(14)3-5-11/h2-5H,6-9H2,1H3,(H,16,20). The topological polar surface area (TPSA) is 40.1 Å². The predicted octanol–water partition coefficient (Wildman–Crippen LogP) is 1.94. The van der Waals surface area contributed by atoms with Crippen LogP contribution in [0.15, 0.2) is 24.3 Å². The van der Waals surface area contributed by atoms with Gasteiger partial charge in [0.05, 0.1) is 0 Å². The summed E-state index contributed by atoms with van der Waals surface area (Å²) in [6, 6.07) is 6.64. The quantitative estimate of drug-likeness (QED) is 0.859. The van der Waals surface area contributed by atoms with Crippen LogP contribution in [0.25, 0.3) is 0 Å². The van der Waals surface area contributed by atoms with Crippen LogP contribution in [0, 0.1) is 10.6 Å². The summed E-state index contributed by atoms with van der Waals surface area (Å²) in [4.78, 5) is 4.45. The molecule has 0 aliphatic carbocycles. The minimum atomic E-state index is -0.200. The molecule has 1 aliphatic rings. The van der Waals surface area contributed by atoms with Gasteiger partial charge in [-0.15, -0.1) is 5.10 Å². The molecule has 1 saturated heterocycles. The number of anilines is 2. The fraction of sp³-hybridized carbons (Fsp3) is 0.385. The zero-order valence-corrected chi connectivity index (χ0v) is 12.0. The van der Waals surface area contributed by atoms with Crippen molar-refractivity contribution < 1.29 is 4.39 Å². The highest BCUT2D eigenvalue weighted by atomic mass is 32.1. The third kappa shape index (κ3) is 2.40. The van der Waals surface area contributed by atoms with E-state index >= 15 is 0 Å². The number of nitrogens with one attached hydrogen (secondary N) is 1. The zero-order valence-electron chi connectivity index (χ0n) is 11.2. The maximum atomic E-state index is 12.9. The van der Waals surface area contributed by atoms with Crippen molar-refractivity contribution >= 4 is 23.9 Å². The van der Waals surface area contributed by atoms with Crippen LogP contribution < -0.4 is 9.80 Å². The van der Waals surface area contributed by atoms with E-state index in [1.54, 1.807) is 0 Å². The van der Waals surface area contributed by atoms with Crippen molar-refractivity contribution in [1.29, 1.82) is 0 Å². The summed E-state index contributed by atoms with van der Waals surface area (Å²) >= 11 is 5.13. The highest BCUT2D eigenvalue weighted by Crippen LogP contribution is 2.19. The Morgan fingerprint density at radius 2 is 1.70 bits per heavy atom. The Labute approximate surface area is 121 Å². The molecule has 0 atom stereocenters. The van der Waals surface area contributed by atoms with E-state index in [1.165, 1.54) is 12.1 Å². The first-order valence-electron chi connectivity index (χ1n) is 6.52. The Morgan fingerprint density at radius 1 is 1.10 bits per heavy atom. The second-order valence-electron chi connectivity index (χ2n) is 4.84. The molecule has 0 bridgehead atoms. The van der Waals surface area contributed by atoms with Gasteiger partial charge in [-0.3, -0.25) is 4.57 Å². The third-order valence-electron chi connectivity index (χ3n) is 3.61. The van der Waals surface area contributed by atoms with Crippen LogP contribution in [0.2, 0.25) is 0 Å². The number of aromatic nitrogens is 3. The number of hydrogen-bond acceptors (Lipinski definition) is 4. The summed E-state index contributed by atoms with van der Waals surface area (Å²) in [5.74, 6) is 0.669. The van der Waals surface area contributed by atoms with Gasteiger partial charge in [-0.25, -0.2) is 9.49 Å². The van der Waals surface area contributed by atoms with Crippen molar-refractivity contribution in [2.75, 3.05) is 36.0 Å². The van der Waals surface area contributed by atoms with E-state index in [0.29, 0.717) is 4.77 Å². The van der Waals surface area contributed by atoms with Gasteiger partial charge in [0.15, 0.2) is 4.77 Å². The minimum Gasteiger partial charge on any atom is -0.368 e. The van der Waals surface area contributed by atoms with Crippen LogP contribution in [-0.4, -0.2) is 40.9 Å². The lowest BCUT2D eigenvalue weighted by atomic mass is 10.2. The number of hydrogen-bond donors (Lipinski definition) is 1. The molecule has 0 spiro atoms. The molecule has 7 heteroatoms. The Kier molecular flexibility index (Phi) is 3.43. The molecule has 2 heterocycles.